The van der Waals surface area contributed by atoms with Crippen LogP contribution in [0.3, 0.4) is 0 Å². The van der Waals surface area contributed by atoms with Gasteiger partial charge in [-0.05, 0) is 111 Å². The molecule has 0 fully saturated rings. The fourth-order valence-corrected chi connectivity index (χ4v) is 8.06. The summed E-state index contributed by atoms with van der Waals surface area (Å²) in [6.07, 6.45) is 8.84. The normalized spacial score (nSPS) is 18.7. The quantitative estimate of drug-likeness (QED) is 0.269. The van der Waals surface area contributed by atoms with Crippen molar-refractivity contribution in [3.63, 3.8) is 0 Å². The van der Waals surface area contributed by atoms with Gasteiger partial charge in [-0.1, -0.05) is 24.2 Å². The minimum absolute atomic E-state index is 0.375. The number of benzene rings is 2. The number of nitrogens with zero attached hydrogens (tertiary/aromatic N) is 2. The average molecular weight is 689 g/mol. The van der Waals surface area contributed by atoms with Crippen molar-refractivity contribution < 1.29 is 14.3 Å². The molecule has 2 N–H and O–H groups in total. The van der Waals surface area contributed by atoms with E-state index in [1.165, 1.54) is 36.6 Å². The van der Waals surface area contributed by atoms with Crippen molar-refractivity contribution >= 4 is 51.5 Å². The number of aromatic nitrogens is 1. The van der Waals surface area contributed by atoms with E-state index in [-0.39, 0.29) is 5.97 Å². The lowest BCUT2D eigenvalue weighted by atomic mass is 9.88. The molecular formula is C39H49ClN4O3S. The van der Waals surface area contributed by atoms with Crippen LogP contribution in [0.2, 0.25) is 5.02 Å². The minimum Gasteiger partial charge on any atom is -0.493 e. The second kappa shape index (κ2) is 15.7. The number of halogens is 1. The number of rotatable bonds is 3. The summed E-state index contributed by atoms with van der Waals surface area (Å²) in [5.74, 6) is 1.78. The van der Waals surface area contributed by atoms with Gasteiger partial charge in [0.2, 0.25) is 0 Å². The second-order valence-electron chi connectivity index (χ2n) is 13.0. The van der Waals surface area contributed by atoms with Crippen LogP contribution in [0.5, 0.6) is 5.75 Å². The number of fused-ring (bicyclic) bond motifs is 4. The Kier molecular flexibility index (Phi) is 11.7. The summed E-state index contributed by atoms with van der Waals surface area (Å²) >= 11 is 8.74. The lowest BCUT2D eigenvalue weighted by Crippen LogP contribution is -2.14. The van der Waals surface area contributed by atoms with E-state index >= 15 is 0 Å². The van der Waals surface area contributed by atoms with Crippen molar-refractivity contribution in [2.75, 3.05) is 46.4 Å². The number of ether oxygens (including phenoxy) is 2. The second-order valence-corrected chi connectivity index (χ2v) is 14.4. The topological polar surface area (TPSA) is 79.6 Å². The molecule has 0 atom stereocenters. The Balaban J connectivity index is 1.64. The van der Waals surface area contributed by atoms with Gasteiger partial charge in [-0.15, -0.1) is 0 Å². The Hall–Kier alpha value is -3.62. The van der Waals surface area contributed by atoms with E-state index in [1.807, 2.05) is 46.3 Å². The van der Waals surface area contributed by atoms with Crippen molar-refractivity contribution in [2.24, 2.45) is 0 Å². The lowest BCUT2D eigenvalue weighted by Gasteiger charge is -2.23. The first-order chi connectivity index (χ1) is 23.0. The summed E-state index contributed by atoms with van der Waals surface area (Å²) in [6.45, 7) is 9.70. The number of carbonyl (C=O) groups is 1. The first kappa shape index (κ1) is 35.7. The fraction of sp³-hybridized carbons (Fsp3) is 0.436. The third-order valence-electron chi connectivity index (χ3n) is 9.59. The zero-order chi connectivity index (χ0) is 34.5. The standard InChI is InChI=1S/C39H49ClN4O3S/c1-24-22-48-23-29(41)21-30(42-4)14-13-27-19-28-11-8-9-12-31(28)34(20-27)47-18-10-17-44-33-16-15-32(40)37(35(24)26(3)43(5)6)36(33)25(2)38(44)39(45)46-7/h15-16,19-21,41-42H,1,8-14,17-18,22-23H2,2-7H3/b30-21-,35-26+,41-29?. The summed E-state index contributed by atoms with van der Waals surface area (Å²) in [5.41, 5.74) is 11.6. The first-order valence-corrected chi connectivity index (χ1v) is 18.4. The molecule has 0 radical (unpaired) electrons. The van der Waals surface area contributed by atoms with Crippen LogP contribution >= 0.6 is 23.4 Å². The number of carbonyl (C=O) groups excluding carboxylic acids is 1. The summed E-state index contributed by atoms with van der Waals surface area (Å²) in [7, 11) is 7.39. The number of esters is 1. The van der Waals surface area contributed by atoms with E-state index in [1.54, 1.807) is 11.8 Å². The summed E-state index contributed by atoms with van der Waals surface area (Å²) in [4.78, 5) is 15.4. The van der Waals surface area contributed by atoms with E-state index in [0.29, 0.717) is 47.5 Å². The van der Waals surface area contributed by atoms with Gasteiger partial charge < -0.3 is 29.7 Å². The van der Waals surface area contributed by atoms with Crippen molar-refractivity contribution in [1.29, 1.82) is 5.41 Å². The fourth-order valence-electron chi connectivity index (χ4n) is 7.01. The lowest BCUT2D eigenvalue weighted by molar-refractivity contribution is 0.0587. The largest absolute Gasteiger partial charge is 0.493 e. The third kappa shape index (κ3) is 7.50. The smallest absolute Gasteiger partial charge is 0.354 e. The number of hydrogen-bond donors (Lipinski definition) is 2. The Morgan fingerprint density at radius 2 is 1.90 bits per heavy atom. The molecule has 7 nitrogen and oxygen atoms in total. The predicted octanol–water partition coefficient (Wildman–Crippen LogP) is 8.39. The highest BCUT2D eigenvalue weighted by atomic mass is 35.5. The van der Waals surface area contributed by atoms with Gasteiger partial charge in [0.1, 0.15) is 11.4 Å². The van der Waals surface area contributed by atoms with Gasteiger partial charge in [-0.2, -0.15) is 11.8 Å². The van der Waals surface area contributed by atoms with Crippen LogP contribution in [-0.4, -0.2) is 67.5 Å². The summed E-state index contributed by atoms with van der Waals surface area (Å²) in [5, 5.41) is 13.6. The van der Waals surface area contributed by atoms with Gasteiger partial charge in [0, 0.05) is 83.4 Å². The maximum absolute atomic E-state index is 13.4. The monoisotopic (exact) mass is 688 g/mol. The highest BCUT2D eigenvalue weighted by Gasteiger charge is 2.27. The molecule has 0 saturated carbocycles. The number of thioether (sulfide) groups is 1. The van der Waals surface area contributed by atoms with E-state index in [9.17, 15) is 4.79 Å². The van der Waals surface area contributed by atoms with Gasteiger partial charge in [0.15, 0.2) is 0 Å². The van der Waals surface area contributed by atoms with Crippen LogP contribution in [0.1, 0.15) is 70.9 Å². The van der Waals surface area contributed by atoms with Crippen molar-refractivity contribution in [3.8, 4) is 5.75 Å². The first-order valence-electron chi connectivity index (χ1n) is 16.8. The van der Waals surface area contributed by atoms with Crippen LogP contribution in [0, 0.1) is 12.3 Å². The van der Waals surface area contributed by atoms with Crippen molar-refractivity contribution in [3.05, 3.63) is 92.4 Å². The van der Waals surface area contributed by atoms with Crippen LogP contribution < -0.4 is 10.1 Å². The van der Waals surface area contributed by atoms with E-state index < -0.39 is 0 Å². The number of aryl methyl sites for hydroxylation is 4. The van der Waals surface area contributed by atoms with Crippen LogP contribution in [0.25, 0.3) is 16.5 Å². The highest BCUT2D eigenvalue weighted by Crippen LogP contribution is 2.42. The Bertz CT molecular complexity index is 1800. The molecule has 5 rings (SSSR count). The molecule has 6 bridgehead atoms. The molecule has 2 heterocycles. The van der Waals surface area contributed by atoms with Gasteiger partial charge in [0.25, 0.3) is 0 Å². The number of nitrogens with one attached hydrogen (secondary N) is 2. The number of hydrogen-bond acceptors (Lipinski definition) is 7. The Morgan fingerprint density at radius 1 is 1.12 bits per heavy atom. The van der Waals surface area contributed by atoms with Gasteiger partial charge >= 0.3 is 5.97 Å². The van der Waals surface area contributed by atoms with Gasteiger partial charge in [0.05, 0.1) is 13.7 Å². The van der Waals surface area contributed by atoms with E-state index in [0.717, 1.165) is 76.0 Å². The van der Waals surface area contributed by atoms with Crippen LogP contribution in [0.4, 0.5) is 0 Å². The maximum atomic E-state index is 13.4. The molecule has 0 amide bonds. The summed E-state index contributed by atoms with van der Waals surface area (Å²) in [6, 6.07) is 8.50. The number of allylic oxidation sites excluding steroid dienone is 4. The maximum Gasteiger partial charge on any atom is 0.354 e. The number of methoxy groups -OCH3 is 1. The van der Waals surface area contributed by atoms with Crippen molar-refractivity contribution in [2.45, 2.75) is 65.3 Å². The zero-order valence-electron chi connectivity index (χ0n) is 29.3. The molecule has 1 aromatic heterocycles. The Morgan fingerprint density at radius 3 is 2.62 bits per heavy atom. The molecule has 256 valence electrons. The third-order valence-corrected chi connectivity index (χ3v) is 11.0. The van der Waals surface area contributed by atoms with E-state index in [4.69, 9.17) is 26.5 Å². The molecule has 0 unspecified atom stereocenters. The highest BCUT2D eigenvalue weighted by molar-refractivity contribution is 8.00. The summed E-state index contributed by atoms with van der Waals surface area (Å²) < 4.78 is 14.0. The average Bonchev–Trinajstić information content (AvgIpc) is 3.35. The molecule has 2 aliphatic rings. The molecule has 3 aromatic rings. The molecule has 2 aromatic carbocycles. The molecular weight excluding hydrogens is 640 g/mol. The Labute approximate surface area is 294 Å². The molecule has 9 heteroatoms. The molecule has 1 aliphatic carbocycles. The van der Waals surface area contributed by atoms with Crippen molar-refractivity contribution in [1.82, 2.24) is 14.8 Å². The molecule has 48 heavy (non-hydrogen) atoms. The molecule has 0 spiro atoms. The molecule has 1 aliphatic heterocycles. The van der Waals surface area contributed by atoms with Crippen LogP contribution in [0.15, 0.2) is 53.9 Å². The van der Waals surface area contributed by atoms with Gasteiger partial charge in [-0.3, -0.25) is 0 Å². The SMILES string of the molecule is C=C1CSCC(=N)/C=C(\NC)CCc2cc3c(c(c2)OCCCn2c(C(=O)OC)c(C)c4c(c(Cl)ccc42)/C1=C(\C)N(C)C)CCCC3. The molecule has 0 saturated heterocycles. The minimum atomic E-state index is -0.375. The zero-order valence-corrected chi connectivity index (χ0v) is 30.8. The predicted molar refractivity (Wildman–Crippen MR) is 202 cm³/mol. The van der Waals surface area contributed by atoms with Gasteiger partial charge in [-0.25, -0.2) is 4.79 Å². The van der Waals surface area contributed by atoms with E-state index in [2.05, 4.69) is 40.4 Å². The van der Waals surface area contributed by atoms with Crippen LogP contribution in [-0.2, 0) is 30.5 Å².